The largest absolute Gasteiger partial charge is 0.506 e. The van der Waals surface area contributed by atoms with Crippen molar-refractivity contribution in [1.29, 1.82) is 0 Å². The number of alkyl carbamates (subject to hydrolysis) is 1. The first-order valence-corrected chi connectivity index (χ1v) is 6.24. The number of carbonyl (C=O) groups excluding carboxylic acids is 2. The monoisotopic (exact) mass is 298 g/mol. The van der Waals surface area contributed by atoms with Gasteiger partial charge in [0.05, 0.1) is 18.8 Å². The summed E-state index contributed by atoms with van der Waals surface area (Å²) in [4.78, 5) is 26.1. The summed E-state index contributed by atoms with van der Waals surface area (Å²) in [6.45, 7) is 3.81. The maximum Gasteiger partial charge on any atom is 0.410 e. The van der Waals surface area contributed by atoms with Crippen molar-refractivity contribution in [1.82, 2.24) is 10.3 Å². The Labute approximate surface area is 121 Å². The zero-order chi connectivity index (χ0) is 16.0. The van der Waals surface area contributed by atoms with Gasteiger partial charge in [-0.15, -0.1) is 0 Å². The summed E-state index contributed by atoms with van der Waals surface area (Å²) in [5.41, 5.74) is 1.12. The first-order chi connectivity index (χ1) is 9.85. The number of aromatic hydroxyl groups is 1. The van der Waals surface area contributed by atoms with Crippen molar-refractivity contribution >= 4 is 12.1 Å². The zero-order valence-corrected chi connectivity index (χ0v) is 12.0. The number of rotatable bonds is 5. The molecule has 1 amide bonds. The van der Waals surface area contributed by atoms with E-state index in [-0.39, 0.29) is 18.9 Å². The van der Waals surface area contributed by atoms with Crippen LogP contribution in [0.4, 0.5) is 4.79 Å². The van der Waals surface area contributed by atoms with E-state index >= 15 is 0 Å². The number of aromatic nitrogens is 1. The molecule has 116 valence electrons. The minimum Gasteiger partial charge on any atom is -0.506 e. The number of aliphatic hydroxyl groups excluding tert-OH is 1. The lowest BCUT2D eigenvalue weighted by atomic mass is 10.1. The Kier molecular flexibility index (Phi) is 5.92. The highest BCUT2D eigenvalue weighted by Gasteiger charge is 2.15. The van der Waals surface area contributed by atoms with Gasteiger partial charge in [-0.25, -0.2) is 4.79 Å². The Morgan fingerprint density at radius 1 is 1.43 bits per heavy atom. The number of esters is 1. The fourth-order valence-corrected chi connectivity index (χ4v) is 1.63. The van der Waals surface area contributed by atoms with Crippen molar-refractivity contribution in [3.05, 3.63) is 23.0 Å². The molecular weight excluding hydrogens is 280 g/mol. The number of aliphatic hydroxyl groups is 1. The number of carbonyl (C=O) groups is 2. The molecule has 1 heterocycles. The summed E-state index contributed by atoms with van der Waals surface area (Å²) in [5.74, 6) is -0.671. The molecule has 1 aromatic heterocycles. The summed E-state index contributed by atoms with van der Waals surface area (Å²) in [6, 6.07) is 0. The summed E-state index contributed by atoms with van der Waals surface area (Å²) in [5, 5.41) is 21.5. The molecule has 8 nitrogen and oxygen atoms in total. The second kappa shape index (κ2) is 7.44. The van der Waals surface area contributed by atoms with Gasteiger partial charge in [-0.3, -0.25) is 9.78 Å². The molecular formula is C13H18N2O6. The molecule has 0 saturated heterocycles. The Balaban J connectivity index is 2.65. The zero-order valence-electron chi connectivity index (χ0n) is 12.0. The van der Waals surface area contributed by atoms with Crippen molar-refractivity contribution in [2.75, 3.05) is 0 Å². The first-order valence-electron chi connectivity index (χ1n) is 6.24. The van der Waals surface area contributed by atoms with E-state index in [1.807, 2.05) is 0 Å². The van der Waals surface area contributed by atoms with Gasteiger partial charge in [-0.05, 0) is 6.92 Å². The van der Waals surface area contributed by atoms with Crippen LogP contribution < -0.4 is 5.32 Å². The number of aryl methyl sites for hydroxylation is 1. The number of hydrogen-bond donors (Lipinski definition) is 3. The number of nitrogens with zero attached hydrogens (tertiary/aromatic N) is 1. The molecule has 1 rings (SSSR count). The fourth-order valence-electron chi connectivity index (χ4n) is 1.63. The second-order valence-corrected chi connectivity index (χ2v) is 4.29. The van der Waals surface area contributed by atoms with Crippen LogP contribution in [0.5, 0.6) is 5.75 Å². The lowest BCUT2D eigenvalue weighted by molar-refractivity contribution is -0.162. The standard InChI is InChI=1S/C13H18N2O6/c1-7-12(18)11(10(6-16)4-14-7)5-15-13(19)21-9(3)20-8(2)17/h4,9,16,18H,5-6H2,1-3H3,(H,15,19). The maximum atomic E-state index is 11.5. The number of ether oxygens (including phenoxy) is 2. The second-order valence-electron chi connectivity index (χ2n) is 4.29. The number of hydrogen-bond acceptors (Lipinski definition) is 7. The number of nitrogens with one attached hydrogen (secondary N) is 1. The van der Waals surface area contributed by atoms with E-state index in [0.717, 1.165) is 0 Å². The molecule has 0 radical (unpaired) electrons. The number of amides is 1. The highest BCUT2D eigenvalue weighted by atomic mass is 16.7. The first kappa shape index (κ1) is 16.7. The van der Waals surface area contributed by atoms with Crippen molar-refractivity contribution in [3.63, 3.8) is 0 Å². The van der Waals surface area contributed by atoms with Gasteiger partial charge < -0.3 is 25.0 Å². The average molecular weight is 298 g/mol. The van der Waals surface area contributed by atoms with E-state index in [0.29, 0.717) is 16.8 Å². The fraction of sp³-hybridized carbons (Fsp3) is 0.462. The molecule has 21 heavy (non-hydrogen) atoms. The van der Waals surface area contributed by atoms with Crippen LogP contribution in [0.1, 0.15) is 30.7 Å². The topological polar surface area (TPSA) is 118 Å². The maximum absolute atomic E-state index is 11.5. The molecule has 0 aliphatic heterocycles. The Morgan fingerprint density at radius 3 is 2.67 bits per heavy atom. The minimum atomic E-state index is -1.02. The van der Waals surface area contributed by atoms with E-state index in [4.69, 9.17) is 4.74 Å². The van der Waals surface area contributed by atoms with Crippen LogP contribution in [0.3, 0.4) is 0 Å². The SMILES string of the molecule is CC(=O)OC(C)OC(=O)NCc1c(CO)cnc(C)c1O. The van der Waals surface area contributed by atoms with Gasteiger partial charge in [0.1, 0.15) is 5.75 Å². The van der Waals surface area contributed by atoms with Gasteiger partial charge in [0.2, 0.25) is 6.29 Å². The smallest absolute Gasteiger partial charge is 0.410 e. The van der Waals surface area contributed by atoms with Gasteiger partial charge in [-0.1, -0.05) is 0 Å². The third kappa shape index (κ3) is 4.92. The summed E-state index contributed by atoms with van der Waals surface area (Å²) < 4.78 is 9.41. The number of pyridine rings is 1. The molecule has 0 aliphatic rings. The van der Waals surface area contributed by atoms with Gasteiger partial charge >= 0.3 is 12.1 Å². The third-order valence-corrected chi connectivity index (χ3v) is 2.61. The van der Waals surface area contributed by atoms with E-state index in [2.05, 4.69) is 15.0 Å². The van der Waals surface area contributed by atoms with Crippen molar-refractivity contribution in [2.45, 2.75) is 40.2 Å². The predicted molar refractivity (Wildman–Crippen MR) is 71.1 cm³/mol. The predicted octanol–water partition coefficient (Wildman–Crippen LogP) is 0.723. The molecule has 1 atom stereocenters. The quantitative estimate of drug-likeness (QED) is 0.541. The van der Waals surface area contributed by atoms with Crippen molar-refractivity contribution in [3.8, 4) is 5.75 Å². The molecule has 8 heteroatoms. The normalized spacial score (nSPS) is 11.6. The lowest BCUT2D eigenvalue weighted by Crippen LogP contribution is -2.29. The molecule has 0 bridgehead atoms. The van der Waals surface area contributed by atoms with E-state index in [1.165, 1.54) is 20.0 Å². The van der Waals surface area contributed by atoms with Crippen LogP contribution in [-0.2, 0) is 27.4 Å². The Morgan fingerprint density at radius 2 is 2.10 bits per heavy atom. The summed E-state index contributed by atoms with van der Waals surface area (Å²) in [6.07, 6.45) is -0.423. The average Bonchev–Trinajstić information content (AvgIpc) is 2.39. The highest BCUT2D eigenvalue weighted by molar-refractivity contribution is 5.69. The Bertz CT molecular complexity index is 532. The summed E-state index contributed by atoms with van der Waals surface area (Å²) >= 11 is 0. The molecule has 0 aliphatic carbocycles. The van der Waals surface area contributed by atoms with E-state index in [9.17, 15) is 19.8 Å². The van der Waals surface area contributed by atoms with Crippen LogP contribution in [0, 0.1) is 6.92 Å². The highest BCUT2D eigenvalue weighted by Crippen LogP contribution is 2.23. The molecule has 3 N–H and O–H groups in total. The molecule has 0 saturated carbocycles. The summed E-state index contributed by atoms with van der Waals surface area (Å²) in [7, 11) is 0. The van der Waals surface area contributed by atoms with Gasteiger partial charge in [-0.2, -0.15) is 0 Å². The molecule has 0 spiro atoms. The Hall–Kier alpha value is -2.35. The van der Waals surface area contributed by atoms with Crippen LogP contribution in [-0.4, -0.2) is 33.5 Å². The van der Waals surface area contributed by atoms with Gasteiger partial charge in [0.15, 0.2) is 0 Å². The van der Waals surface area contributed by atoms with Gasteiger partial charge in [0.25, 0.3) is 0 Å². The van der Waals surface area contributed by atoms with Crippen LogP contribution >= 0.6 is 0 Å². The van der Waals surface area contributed by atoms with Crippen molar-refractivity contribution < 1.29 is 29.3 Å². The van der Waals surface area contributed by atoms with Crippen molar-refractivity contribution in [2.24, 2.45) is 0 Å². The van der Waals surface area contributed by atoms with Crippen LogP contribution in [0.15, 0.2) is 6.20 Å². The molecule has 0 aromatic carbocycles. The van der Waals surface area contributed by atoms with E-state index < -0.39 is 18.4 Å². The molecule has 0 fully saturated rings. The third-order valence-electron chi connectivity index (χ3n) is 2.61. The lowest BCUT2D eigenvalue weighted by Gasteiger charge is -2.15. The van der Waals surface area contributed by atoms with Crippen LogP contribution in [0.25, 0.3) is 0 Å². The molecule has 1 aromatic rings. The van der Waals surface area contributed by atoms with Crippen LogP contribution in [0.2, 0.25) is 0 Å². The minimum absolute atomic E-state index is 0.0588. The van der Waals surface area contributed by atoms with E-state index in [1.54, 1.807) is 6.92 Å². The van der Waals surface area contributed by atoms with Gasteiger partial charge in [0, 0.05) is 31.2 Å². The molecule has 1 unspecified atom stereocenters.